The molecule has 32 heavy (non-hydrogen) atoms. The van der Waals surface area contributed by atoms with Gasteiger partial charge in [0.25, 0.3) is 0 Å². The van der Waals surface area contributed by atoms with Crippen molar-refractivity contribution < 1.29 is 13.9 Å². The van der Waals surface area contributed by atoms with Crippen molar-refractivity contribution in [2.75, 3.05) is 0 Å². The summed E-state index contributed by atoms with van der Waals surface area (Å²) in [5, 5.41) is 16.1. The number of fused-ring (bicyclic) bond motifs is 2. The molecular weight excluding hydrogens is 408 g/mol. The molecule has 1 aromatic heterocycles. The maximum atomic E-state index is 13.5. The molecule has 6 heteroatoms. The van der Waals surface area contributed by atoms with Crippen molar-refractivity contribution in [1.29, 1.82) is 0 Å². The second-order valence-electron chi connectivity index (χ2n) is 9.01. The van der Waals surface area contributed by atoms with Gasteiger partial charge in [-0.15, -0.1) is 0 Å². The summed E-state index contributed by atoms with van der Waals surface area (Å²) >= 11 is 0. The molecule has 164 valence electrons. The second-order valence-corrected chi connectivity index (χ2v) is 9.01. The lowest BCUT2D eigenvalue weighted by Gasteiger charge is -2.54. The van der Waals surface area contributed by atoms with Gasteiger partial charge in [-0.2, -0.15) is 5.10 Å². The molecular formula is C26H25F2N3O. The zero-order chi connectivity index (χ0) is 22.5. The minimum Gasteiger partial charge on any atom is -0.386 e. The van der Waals surface area contributed by atoms with Crippen molar-refractivity contribution in [3.05, 3.63) is 88.8 Å². The van der Waals surface area contributed by atoms with Crippen LogP contribution in [-0.2, 0) is 6.42 Å². The number of hydrogen-bond acceptors (Lipinski definition) is 3. The summed E-state index contributed by atoms with van der Waals surface area (Å²) in [7, 11) is 0. The van der Waals surface area contributed by atoms with E-state index in [1.54, 1.807) is 24.3 Å². The number of hydrogen-bond donors (Lipinski definition) is 1. The minimum atomic E-state index is -0.914. The third kappa shape index (κ3) is 2.97. The Morgan fingerprint density at radius 3 is 2.41 bits per heavy atom. The van der Waals surface area contributed by atoms with Crippen LogP contribution in [0.1, 0.15) is 49.1 Å². The average Bonchev–Trinajstić information content (AvgIpc) is 3.19. The number of halogens is 2. The van der Waals surface area contributed by atoms with Crippen LogP contribution in [-0.4, -0.2) is 27.1 Å². The van der Waals surface area contributed by atoms with Crippen molar-refractivity contribution in [2.24, 2.45) is 10.4 Å². The van der Waals surface area contributed by atoms with Crippen molar-refractivity contribution in [3.63, 3.8) is 0 Å². The fraction of sp³-hybridized carbons (Fsp3) is 0.308. The van der Waals surface area contributed by atoms with Crippen LogP contribution in [0.2, 0.25) is 0 Å². The highest BCUT2D eigenvalue weighted by molar-refractivity contribution is 5.63. The maximum Gasteiger partial charge on any atom is 0.123 e. The Morgan fingerprint density at radius 1 is 1.09 bits per heavy atom. The predicted octanol–water partition coefficient (Wildman–Crippen LogP) is 5.45. The lowest BCUT2D eigenvalue weighted by atomic mass is 9.53. The monoisotopic (exact) mass is 433 g/mol. The summed E-state index contributed by atoms with van der Waals surface area (Å²) in [6.07, 6.45) is 6.14. The van der Waals surface area contributed by atoms with Gasteiger partial charge in [0.05, 0.1) is 23.1 Å². The molecule has 3 atom stereocenters. The lowest BCUT2D eigenvalue weighted by Crippen LogP contribution is -2.54. The third-order valence-electron chi connectivity index (χ3n) is 7.40. The number of benzene rings is 2. The highest BCUT2D eigenvalue weighted by Crippen LogP contribution is 2.59. The molecule has 5 rings (SSSR count). The van der Waals surface area contributed by atoms with Gasteiger partial charge in [-0.25, -0.2) is 13.5 Å². The van der Waals surface area contributed by atoms with Crippen LogP contribution in [0.3, 0.4) is 0 Å². The van der Waals surface area contributed by atoms with Gasteiger partial charge in [0.15, 0.2) is 0 Å². The summed E-state index contributed by atoms with van der Waals surface area (Å²) in [5.74, 6) is -0.628. The first-order valence-electron chi connectivity index (χ1n) is 10.8. The van der Waals surface area contributed by atoms with Crippen LogP contribution >= 0.6 is 0 Å². The van der Waals surface area contributed by atoms with Crippen molar-refractivity contribution in [2.45, 2.75) is 44.2 Å². The molecule has 0 aliphatic heterocycles. The van der Waals surface area contributed by atoms with Crippen LogP contribution in [0.15, 0.2) is 65.3 Å². The van der Waals surface area contributed by atoms with Crippen LogP contribution in [0.25, 0.3) is 11.8 Å². The molecule has 1 saturated carbocycles. The zero-order valence-electron chi connectivity index (χ0n) is 17.9. The molecule has 0 spiro atoms. The first-order chi connectivity index (χ1) is 15.4. The highest BCUT2D eigenvalue weighted by atomic mass is 19.1. The number of aliphatic imine (C=N–C) groups is 1. The standard InChI is InChI=1S/C26H25F2N3O/c1-25-15-18-16-30-31(22-11-9-21(28)10-12-22)23(18)14-19(25)4-3-13-26(25,29-2)24(32)17-5-7-20(27)8-6-17/h5-12,14,16,24,32H,2-4,13,15H2,1H3/t24-,25-,26-/m0/s1. The van der Waals surface area contributed by atoms with Gasteiger partial charge in [0.2, 0.25) is 0 Å². The van der Waals surface area contributed by atoms with Gasteiger partial charge in [-0.05, 0) is 86.0 Å². The van der Waals surface area contributed by atoms with Crippen molar-refractivity contribution in [1.82, 2.24) is 9.78 Å². The van der Waals surface area contributed by atoms with Gasteiger partial charge in [-0.1, -0.05) is 24.6 Å². The van der Waals surface area contributed by atoms with E-state index in [-0.39, 0.29) is 11.6 Å². The average molecular weight is 434 g/mol. The van der Waals surface area contributed by atoms with E-state index in [1.165, 1.54) is 29.8 Å². The number of aliphatic hydroxyl groups is 1. The van der Waals surface area contributed by atoms with Gasteiger partial charge in [-0.3, -0.25) is 4.99 Å². The van der Waals surface area contributed by atoms with E-state index in [0.717, 1.165) is 29.8 Å². The molecule has 1 heterocycles. The van der Waals surface area contributed by atoms with Crippen molar-refractivity contribution in [3.8, 4) is 5.69 Å². The molecule has 3 aromatic rings. The summed E-state index contributed by atoms with van der Waals surface area (Å²) in [6.45, 7) is 6.04. The smallest absolute Gasteiger partial charge is 0.123 e. The molecule has 1 fully saturated rings. The second kappa shape index (κ2) is 7.48. The minimum absolute atomic E-state index is 0.287. The van der Waals surface area contributed by atoms with E-state index in [2.05, 4.69) is 29.8 Å². The Morgan fingerprint density at radius 2 is 1.75 bits per heavy atom. The molecule has 0 radical (unpaired) electrons. The highest BCUT2D eigenvalue weighted by Gasteiger charge is 2.57. The van der Waals surface area contributed by atoms with Gasteiger partial charge in [0, 0.05) is 5.41 Å². The zero-order valence-corrected chi connectivity index (χ0v) is 17.9. The number of aliphatic hydroxyl groups excluding tert-OH is 1. The van der Waals surface area contributed by atoms with E-state index >= 15 is 0 Å². The van der Waals surface area contributed by atoms with E-state index in [0.29, 0.717) is 18.4 Å². The van der Waals surface area contributed by atoms with Gasteiger partial charge < -0.3 is 5.11 Å². The molecule has 2 aromatic carbocycles. The number of aromatic nitrogens is 2. The fourth-order valence-electron chi connectivity index (χ4n) is 5.59. The van der Waals surface area contributed by atoms with Crippen LogP contribution in [0.4, 0.5) is 8.78 Å². The Hall–Kier alpha value is -3.12. The molecule has 0 bridgehead atoms. The van der Waals surface area contributed by atoms with Gasteiger partial charge >= 0.3 is 0 Å². The first-order valence-corrected chi connectivity index (χ1v) is 10.8. The van der Waals surface area contributed by atoms with Crippen LogP contribution in [0, 0.1) is 17.0 Å². The van der Waals surface area contributed by atoms with Crippen LogP contribution < -0.4 is 0 Å². The quantitative estimate of drug-likeness (QED) is 0.556. The Labute approximate surface area is 185 Å². The van der Waals surface area contributed by atoms with Gasteiger partial charge in [0.1, 0.15) is 17.7 Å². The molecule has 2 aliphatic rings. The lowest BCUT2D eigenvalue weighted by molar-refractivity contribution is -0.00395. The summed E-state index contributed by atoms with van der Waals surface area (Å²) < 4.78 is 28.7. The van der Waals surface area contributed by atoms with E-state index in [9.17, 15) is 13.9 Å². The molecule has 0 saturated heterocycles. The number of nitrogens with zero attached hydrogens (tertiary/aromatic N) is 3. The van der Waals surface area contributed by atoms with Crippen LogP contribution in [0.5, 0.6) is 0 Å². The molecule has 1 N–H and O–H groups in total. The Bertz CT molecular complexity index is 1200. The number of rotatable bonds is 4. The molecule has 2 aliphatic carbocycles. The fourth-order valence-corrected chi connectivity index (χ4v) is 5.59. The topological polar surface area (TPSA) is 50.4 Å². The maximum absolute atomic E-state index is 13.5. The molecule has 0 amide bonds. The Balaban J connectivity index is 1.59. The van der Waals surface area contributed by atoms with E-state index in [1.807, 2.05) is 10.9 Å². The predicted molar refractivity (Wildman–Crippen MR) is 121 cm³/mol. The first kappa shape index (κ1) is 20.8. The summed E-state index contributed by atoms with van der Waals surface area (Å²) in [6, 6.07) is 12.2. The third-order valence-corrected chi connectivity index (χ3v) is 7.40. The molecule has 4 nitrogen and oxygen atoms in total. The van der Waals surface area contributed by atoms with E-state index in [4.69, 9.17) is 0 Å². The summed E-state index contributed by atoms with van der Waals surface area (Å²) in [5.41, 5.74) is 3.32. The Kier molecular flexibility index (Phi) is 4.86. The largest absolute Gasteiger partial charge is 0.386 e. The summed E-state index contributed by atoms with van der Waals surface area (Å²) in [4.78, 5) is 4.58. The van der Waals surface area contributed by atoms with E-state index < -0.39 is 17.1 Å². The van der Waals surface area contributed by atoms with Crippen molar-refractivity contribution >= 4 is 12.8 Å². The molecule has 0 unspecified atom stereocenters. The normalized spacial score (nSPS) is 25.4. The SMILES string of the molecule is C=N[C@]1([C@@H](O)c2ccc(F)cc2)CCCC2=Cc3c(cnn3-c3ccc(F)cc3)C[C@@]21C.